The van der Waals surface area contributed by atoms with Gasteiger partial charge in [0.2, 0.25) is 11.8 Å². The summed E-state index contributed by atoms with van der Waals surface area (Å²) < 4.78 is 5.74. The van der Waals surface area contributed by atoms with Crippen LogP contribution in [0.1, 0.15) is 0 Å². The number of ether oxygens (including phenoxy) is 1. The SMILES string of the molecule is c1ccc(Oc2cccc(Nc3nccc(-c4nccs4)n3)c2)nc1. The maximum absolute atomic E-state index is 5.74. The Hall–Kier alpha value is -3.32. The predicted octanol–water partition coefficient (Wildman–Crippen LogP) is 4.53. The first-order valence-corrected chi connectivity index (χ1v) is 8.44. The highest BCUT2D eigenvalue weighted by atomic mass is 32.1. The Bertz CT molecular complexity index is 960. The molecule has 0 amide bonds. The van der Waals surface area contributed by atoms with Gasteiger partial charge in [0.15, 0.2) is 0 Å². The standard InChI is InChI=1S/C18H13N5OS/c1-2-8-19-16(6-1)24-14-5-3-4-13(12-14)22-18-21-9-7-15(23-18)17-20-10-11-25-17/h1-12H,(H,21,22,23). The molecule has 4 rings (SSSR count). The van der Waals surface area contributed by atoms with Crippen LogP contribution in [0, 0.1) is 0 Å². The lowest BCUT2D eigenvalue weighted by Crippen LogP contribution is -1.98. The van der Waals surface area contributed by atoms with Gasteiger partial charge in [-0.2, -0.15) is 0 Å². The normalized spacial score (nSPS) is 10.4. The third kappa shape index (κ3) is 3.78. The van der Waals surface area contributed by atoms with Gasteiger partial charge >= 0.3 is 0 Å². The molecule has 0 aliphatic rings. The average molecular weight is 347 g/mol. The summed E-state index contributed by atoms with van der Waals surface area (Å²) in [4.78, 5) is 17.2. The van der Waals surface area contributed by atoms with Crippen molar-refractivity contribution in [2.75, 3.05) is 5.32 Å². The molecule has 0 bridgehead atoms. The van der Waals surface area contributed by atoms with Crippen LogP contribution in [0.3, 0.4) is 0 Å². The number of rotatable bonds is 5. The first-order valence-electron chi connectivity index (χ1n) is 7.56. The van der Waals surface area contributed by atoms with Gasteiger partial charge in [0.25, 0.3) is 0 Å². The highest BCUT2D eigenvalue weighted by molar-refractivity contribution is 7.13. The number of nitrogens with zero attached hydrogens (tertiary/aromatic N) is 4. The second-order valence-electron chi connectivity index (χ2n) is 5.03. The van der Waals surface area contributed by atoms with Crippen LogP contribution in [-0.4, -0.2) is 19.9 Å². The van der Waals surface area contributed by atoms with Gasteiger partial charge in [0.05, 0.1) is 0 Å². The van der Waals surface area contributed by atoms with Crippen LogP contribution in [0.25, 0.3) is 10.7 Å². The van der Waals surface area contributed by atoms with Crippen LogP contribution in [0.5, 0.6) is 11.6 Å². The van der Waals surface area contributed by atoms with Crippen molar-refractivity contribution < 1.29 is 4.74 Å². The molecule has 6 nitrogen and oxygen atoms in total. The fourth-order valence-electron chi connectivity index (χ4n) is 2.18. The first-order chi connectivity index (χ1) is 12.4. The number of pyridine rings is 1. The van der Waals surface area contributed by atoms with Crippen LogP contribution < -0.4 is 10.1 Å². The van der Waals surface area contributed by atoms with Gasteiger partial charge in [-0.1, -0.05) is 12.1 Å². The van der Waals surface area contributed by atoms with Crippen molar-refractivity contribution in [2.24, 2.45) is 0 Å². The van der Waals surface area contributed by atoms with Gasteiger partial charge < -0.3 is 10.1 Å². The lowest BCUT2D eigenvalue weighted by Gasteiger charge is -2.08. The Morgan fingerprint density at radius 2 is 1.88 bits per heavy atom. The van der Waals surface area contributed by atoms with E-state index in [-0.39, 0.29) is 0 Å². The summed E-state index contributed by atoms with van der Waals surface area (Å²) in [7, 11) is 0. The molecule has 7 heteroatoms. The van der Waals surface area contributed by atoms with E-state index in [9.17, 15) is 0 Å². The minimum Gasteiger partial charge on any atom is -0.439 e. The average Bonchev–Trinajstić information content (AvgIpc) is 3.18. The number of hydrogen-bond acceptors (Lipinski definition) is 7. The fourth-order valence-corrected chi connectivity index (χ4v) is 2.79. The van der Waals surface area contributed by atoms with Gasteiger partial charge in [-0.25, -0.2) is 19.9 Å². The molecule has 25 heavy (non-hydrogen) atoms. The zero-order valence-corrected chi connectivity index (χ0v) is 13.9. The number of nitrogens with one attached hydrogen (secondary N) is 1. The van der Waals surface area contributed by atoms with Gasteiger partial charge in [-0.05, 0) is 24.3 Å². The summed E-state index contributed by atoms with van der Waals surface area (Å²) in [5.74, 6) is 1.73. The van der Waals surface area contributed by atoms with Crippen molar-refractivity contribution in [3.63, 3.8) is 0 Å². The lowest BCUT2D eigenvalue weighted by atomic mass is 10.3. The van der Waals surface area contributed by atoms with Crippen molar-refractivity contribution in [1.29, 1.82) is 0 Å². The molecule has 0 fully saturated rings. The molecule has 0 radical (unpaired) electrons. The molecule has 0 spiro atoms. The summed E-state index contributed by atoms with van der Waals surface area (Å²) in [6.45, 7) is 0. The second kappa shape index (κ2) is 7.06. The van der Waals surface area contributed by atoms with Crippen molar-refractivity contribution in [3.05, 3.63) is 72.5 Å². The molecule has 0 aliphatic carbocycles. The molecule has 3 aromatic heterocycles. The highest BCUT2D eigenvalue weighted by Crippen LogP contribution is 2.25. The third-order valence-corrected chi connectivity index (χ3v) is 4.05. The third-order valence-electron chi connectivity index (χ3n) is 3.26. The van der Waals surface area contributed by atoms with Gasteiger partial charge in [0, 0.05) is 41.8 Å². The van der Waals surface area contributed by atoms with Crippen molar-refractivity contribution in [3.8, 4) is 22.3 Å². The molecule has 122 valence electrons. The van der Waals surface area contributed by atoms with Crippen molar-refractivity contribution >= 4 is 23.0 Å². The predicted molar refractivity (Wildman–Crippen MR) is 97.2 cm³/mol. The number of hydrogen-bond donors (Lipinski definition) is 1. The Morgan fingerprint density at radius 1 is 0.880 bits per heavy atom. The number of benzene rings is 1. The molecule has 3 heterocycles. The molecule has 1 aromatic carbocycles. The van der Waals surface area contributed by atoms with E-state index in [0.29, 0.717) is 17.6 Å². The summed E-state index contributed by atoms with van der Waals surface area (Å²) in [5.41, 5.74) is 1.61. The molecule has 0 unspecified atom stereocenters. The minimum absolute atomic E-state index is 0.502. The molecular weight excluding hydrogens is 334 g/mol. The summed E-state index contributed by atoms with van der Waals surface area (Å²) >= 11 is 1.54. The Morgan fingerprint density at radius 3 is 2.72 bits per heavy atom. The van der Waals surface area contributed by atoms with Crippen LogP contribution in [0.2, 0.25) is 0 Å². The molecule has 0 saturated heterocycles. The molecular formula is C18H13N5OS. The maximum Gasteiger partial charge on any atom is 0.227 e. The quantitative estimate of drug-likeness (QED) is 0.572. The number of aromatic nitrogens is 4. The van der Waals surface area contributed by atoms with E-state index < -0.39 is 0 Å². The molecule has 4 aromatic rings. The van der Waals surface area contributed by atoms with Crippen LogP contribution in [-0.2, 0) is 0 Å². The summed E-state index contributed by atoms with van der Waals surface area (Å²) in [5, 5.41) is 5.97. The zero-order chi connectivity index (χ0) is 16.9. The molecule has 0 aliphatic heterocycles. The van der Waals surface area contributed by atoms with Gasteiger partial charge in [0.1, 0.15) is 16.5 Å². The van der Waals surface area contributed by atoms with Crippen LogP contribution in [0.15, 0.2) is 72.5 Å². The van der Waals surface area contributed by atoms with E-state index in [2.05, 4.69) is 25.3 Å². The fraction of sp³-hybridized carbons (Fsp3) is 0. The monoisotopic (exact) mass is 347 g/mol. The Balaban J connectivity index is 1.53. The van der Waals surface area contributed by atoms with E-state index in [1.54, 1.807) is 24.7 Å². The lowest BCUT2D eigenvalue weighted by molar-refractivity contribution is 0.463. The summed E-state index contributed by atoms with van der Waals surface area (Å²) in [6, 6.07) is 14.9. The van der Waals surface area contributed by atoms with E-state index in [1.165, 1.54) is 11.3 Å². The molecule has 0 saturated carbocycles. The van der Waals surface area contributed by atoms with Crippen molar-refractivity contribution in [1.82, 2.24) is 19.9 Å². The largest absolute Gasteiger partial charge is 0.439 e. The van der Waals surface area contributed by atoms with E-state index in [4.69, 9.17) is 4.74 Å². The van der Waals surface area contributed by atoms with Crippen molar-refractivity contribution in [2.45, 2.75) is 0 Å². The Labute approximate surface area is 148 Å². The van der Waals surface area contributed by atoms with Crippen LogP contribution >= 0.6 is 11.3 Å². The van der Waals surface area contributed by atoms with Gasteiger partial charge in [-0.3, -0.25) is 0 Å². The van der Waals surface area contributed by atoms with Gasteiger partial charge in [-0.15, -0.1) is 11.3 Å². The minimum atomic E-state index is 0.502. The van der Waals surface area contributed by atoms with E-state index in [0.717, 1.165) is 16.4 Å². The first kappa shape index (κ1) is 15.2. The van der Waals surface area contributed by atoms with Crippen LogP contribution in [0.4, 0.5) is 11.6 Å². The number of anilines is 2. The molecule has 0 atom stereocenters. The van der Waals surface area contributed by atoms with E-state index >= 15 is 0 Å². The summed E-state index contributed by atoms with van der Waals surface area (Å²) in [6.07, 6.45) is 5.16. The molecule has 1 N–H and O–H groups in total. The topological polar surface area (TPSA) is 72.8 Å². The maximum atomic E-state index is 5.74. The second-order valence-corrected chi connectivity index (χ2v) is 5.92. The smallest absolute Gasteiger partial charge is 0.227 e. The van der Waals surface area contributed by atoms with E-state index in [1.807, 2.05) is 47.8 Å². The Kier molecular flexibility index (Phi) is 4.30. The zero-order valence-electron chi connectivity index (χ0n) is 13.0. The highest BCUT2D eigenvalue weighted by Gasteiger charge is 2.06. The number of thiazole rings is 1.